The lowest BCUT2D eigenvalue weighted by Gasteiger charge is -2.09. The Labute approximate surface area is 97.8 Å². The summed E-state index contributed by atoms with van der Waals surface area (Å²) < 4.78 is 4.62. The van der Waals surface area contributed by atoms with Crippen LogP contribution in [0.15, 0.2) is 35.2 Å². The highest BCUT2D eigenvalue weighted by atomic mass is 16.5. The van der Waals surface area contributed by atoms with Gasteiger partial charge in [0, 0.05) is 0 Å². The summed E-state index contributed by atoms with van der Waals surface area (Å²) in [7, 11) is 0. The SMILES string of the molecule is Cc1ccc(C(=O)Nc2cnoc2)c(NN)c1. The molecule has 0 spiro atoms. The zero-order valence-corrected chi connectivity index (χ0v) is 9.23. The molecule has 0 aliphatic heterocycles. The monoisotopic (exact) mass is 232 g/mol. The molecule has 6 heteroatoms. The number of carbonyl (C=O) groups is 1. The van der Waals surface area contributed by atoms with Crippen LogP contribution in [0.25, 0.3) is 0 Å². The first kappa shape index (κ1) is 11.2. The zero-order valence-electron chi connectivity index (χ0n) is 9.23. The topological polar surface area (TPSA) is 93.2 Å². The molecular formula is C11H12N4O2. The van der Waals surface area contributed by atoms with Crippen molar-refractivity contribution in [1.29, 1.82) is 0 Å². The molecule has 0 saturated carbocycles. The molecule has 0 atom stereocenters. The molecular weight excluding hydrogens is 220 g/mol. The van der Waals surface area contributed by atoms with Crippen molar-refractivity contribution in [3.05, 3.63) is 41.8 Å². The van der Waals surface area contributed by atoms with Crippen molar-refractivity contribution in [3.63, 3.8) is 0 Å². The second-order valence-corrected chi connectivity index (χ2v) is 3.56. The van der Waals surface area contributed by atoms with Gasteiger partial charge in [0.05, 0.1) is 17.4 Å². The number of anilines is 2. The van der Waals surface area contributed by atoms with Gasteiger partial charge < -0.3 is 15.3 Å². The van der Waals surface area contributed by atoms with Crippen LogP contribution in [0.4, 0.5) is 11.4 Å². The molecule has 0 saturated heterocycles. The molecule has 0 radical (unpaired) electrons. The highest BCUT2D eigenvalue weighted by Crippen LogP contribution is 2.18. The van der Waals surface area contributed by atoms with E-state index in [4.69, 9.17) is 5.84 Å². The molecule has 1 aromatic carbocycles. The lowest BCUT2D eigenvalue weighted by Crippen LogP contribution is -2.17. The summed E-state index contributed by atoms with van der Waals surface area (Å²) in [6.07, 6.45) is 2.77. The van der Waals surface area contributed by atoms with Crippen LogP contribution in [0.3, 0.4) is 0 Å². The normalized spacial score (nSPS) is 10.0. The molecule has 2 aromatic rings. The van der Waals surface area contributed by atoms with E-state index >= 15 is 0 Å². The second-order valence-electron chi connectivity index (χ2n) is 3.56. The van der Waals surface area contributed by atoms with E-state index in [0.717, 1.165) is 5.56 Å². The third kappa shape index (κ3) is 2.43. The highest BCUT2D eigenvalue weighted by molar-refractivity contribution is 6.07. The summed E-state index contributed by atoms with van der Waals surface area (Å²) in [5.41, 5.74) is 5.04. The van der Waals surface area contributed by atoms with E-state index in [1.54, 1.807) is 12.1 Å². The number of benzene rings is 1. The number of rotatable bonds is 3. The maximum atomic E-state index is 11.9. The van der Waals surface area contributed by atoms with Gasteiger partial charge in [0.1, 0.15) is 12.0 Å². The Morgan fingerprint density at radius 2 is 2.29 bits per heavy atom. The van der Waals surface area contributed by atoms with Crippen LogP contribution in [0.1, 0.15) is 15.9 Å². The van der Waals surface area contributed by atoms with Crippen LogP contribution in [0.5, 0.6) is 0 Å². The molecule has 6 nitrogen and oxygen atoms in total. The molecule has 0 aliphatic rings. The van der Waals surface area contributed by atoms with Gasteiger partial charge in [-0.3, -0.25) is 10.6 Å². The number of hydrazine groups is 1. The Morgan fingerprint density at radius 3 is 2.94 bits per heavy atom. The summed E-state index contributed by atoms with van der Waals surface area (Å²) in [5.74, 6) is 5.09. The smallest absolute Gasteiger partial charge is 0.257 e. The number of nitrogens with zero attached hydrogens (tertiary/aromatic N) is 1. The highest BCUT2D eigenvalue weighted by Gasteiger charge is 2.11. The summed E-state index contributed by atoms with van der Waals surface area (Å²) in [4.78, 5) is 11.9. The van der Waals surface area contributed by atoms with Crippen LogP contribution in [0.2, 0.25) is 0 Å². The molecule has 1 aromatic heterocycles. The molecule has 2 rings (SSSR count). The largest absolute Gasteiger partial charge is 0.363 e. The number of hydrogen-bond acceptors (Lipinski definition) is 5. The van der Waals surface area contributed by atoms with Gasteiger partial charge >= 0.3 is 0 Å². The first-order valence-corrected chi connectivity index (χ1v) is 4.98. The van der Waals surface area contributed by atoms with Crippen LogP contribution < -0.4 is 16.6 Å². The van der Waals surface area contributed by atoms with E-state index in [1.807, 2.05) is 13.0 Å². The standard InChI is InChI=1S/C11H12N4O2/c1-7-2-3-9(10(4-7)15-12)11(16)14-8-5-13-17-6-8/h2-6,15H,12H2,1H3,(H,14,16). The van der Waals surface area contributed by atoms with Gasteiger partial charge in [0.15, 0.2) is 0 Å². The second kappa shape index (κ2) is 4.67. The molecule has 0 bridgehead atoms. The number of nitrogen functional groups attached to an aromatic ring is 1. The summed E-state index contributed by atoms with van der Waals surface area (Å²) in [6.45, 7) is 1.92. The number of hydrogen-bond donors (Lipinski definition) is 3. The molecule has 0 unspecified atom stereocenters. The van der Waals surface area contributed by atoms with E-state index in [-0.39, 0.29) is 5.91 Å². The Bertz CT molecular complexity index is 522. The van der Waals surface area contributed by atoms with Crippen molar-refractivity contribution < 1.29 is 9.32 Å². The number of nitrogens with one attached hydrogen (secondary N) is 2. The average molecular weight is 232 g/mol. The fourth-order valence-corrected chi connectivity index (χ4v) is 1.44. The fourth-order valence-electron chi connectivity index (χ4n) is 1.44. The Balaban J connectivity index is 2.24. The predicted octanol–water partition coefficient (Wildman–Crippen LogP) is 1.52. The number of nitrogens with two attached hydrogens (primary N) is 1. The molecule has 88 valence electrons. The Kier molecular flexibility index (Phi) is 3.06. The number of amides is 1. The van der Waals surface area contributed by atoms with Gasteiger partial charge in [0.25, 0.3) is 5.91 Å². The number of carbonyl (C=O) groups excluding carboxylic acids is 1. The molecule has 0 fully saturated rings. The summed E-state index contributed by atoms with van der Waals surface area (Å²) >= 11 is 0. The maximum absolute atomic E-state index is 11.9. The summed E-state index contributed by atoms with van der Waals surface area (Å²) in [5, 5.41) is 6.14. The lowest BCUT2D eigenvalue weighted by molar-refractivity contribution is 0.102. The Morgan fingerprint density at radius 1 is 1.47 bits per heavy atom. The van der Waals surface area contributed by atoms with E-state index in [2.05, 4.69) is 20.4 Å². The van der Waals surface area contributed by atoms with Crippen molar-refractivity contribution in [1.82, 2.24) is 5.16 Å². The lowest BCUT2D eigenvalue weighted by atomic mass is 10.1. The van der Waals surface area contributed by atoms with Crippen LogP contribution in [0, 0.1) is 6.92 Å². The summed E-state index contributed by atoms with van der Waals surface area (Å²) in [6, 6.07) is 5.33. The number of aryl methyl sites for hydroxylation is 1. The average Bonchev–Trinajstić information content (AvgIpc) is 2.81. The van der Waals surface area contributed by atoms with Crippen molar-refractivity contribution in [2.24, 2.45) is 5.84 Å². The van der Waals surface area contributed by atoms with Crippen LogP contribution in [-0.4, -0.2) is 11.1 Å². The predicted molar refractivity (Wildman–Crippen MR) is 63.4 cm³/mol. The van der Waals surface area contributed by atoms with Crippen LogP contribution in [-0.2, 0) is 0 Å². The van der Waals surface area contributed by atoms with E-state index in [1.165, 1.54) is 12.5 Å². The van der Waals surface area contributed by atoms with Crippen LogP contribution >= 0.6 is 0 Å². The van der Waals surface area contributed by atoms with Gasteiger partial charge in [-0.25, -0.2) is 0 Å². The minimum Gasteiger partial charge on any atom is -0.363 e. The number of aromatic nitrogens is 1. The molecule has 17 heavy (non-hydrogen) atoms. The van der Waals surface area contributed by atoms with E-state index < -0.39 is 0 Å². The molecule has 0 aliphatic carbocycles. The first-order chi connectivity index (χ1) is 8.20. The first-order valence-electron chi connectivity index (χ1n) is 4.98. The third-order valence-corrected chi connectivity index (χ3v) is 2.27. The third-order valence-electron chi connectivity index (χ3n) is 2.27. The Hall–Kier alpha value is -2.34. The minimum atomic E-state index is -0.277. The van der Waals surface area contributed by atoms with Gasteiger partial charge in [-0.05, 0) is 24.6 Å². The van der Waals surface area contributed by atoms with Gasteiger partial charge in [-0.15, -0.1) is 0 Å². The van der Waals surface area contributed by atoms with Crippen molar-refractivity contribution in [2.45, 2.75) is 6.92 Å². The fraction of sp³-hybridized carbons (Fsp3) is 0.0909. The molecule has 4 N–H and O–H groups in total. The van der Waals surface area contributed by atoms with Gasteiger partial charge in [0.2, 0.25) is 0 Å². The molecule has 1 heterocycles. The van der Waals surface area contributed by atoms with Crippen molar-refractivity contribution >= 4 is 17.3 Å². The minimum absolute atomic E-state index is 0.277. The van der Waals surface area contributed by atoms with Crippen molar-refractivity contribution in [2.75, 3.05) is 10.7 Å². The maximum Gasteiger partial charge on any atom is 0.257 e. The van der Waals surface area contributed by atoms with Gasteiger partial charge in [-0.2, -0.15) is 0 Å². The molecule has 1 amide bonds. The zero-order chi connectivity index (χ0) is 12.3. The van der Waals surface area contributed by atoms with E-state index in [9.17, 15) is 4.79 Å². The quantitative estimate of drug-likeness (QED) is 0.551. The van der Waals surface area contributed by atoms with Crippen molar-refractivity contribution in [3.8, 4) is 0 Å². The van der Waals surface area contributed by atoms with E-state index in [0.29, 0.717) is 16.9 Å². The van der Waals surface area contributed by atoms with Gasteiger partial charge in [-0.1, -0.05) is 11.2 Å².